The Balaban J connectivity index is 4.75. The van der Waals surface area contributed by atoms with E-state index in [-0.39, 0.29) is 0 Å². The van der Waals surface area contributed by atoms with Crippen LogP contribution in [-0.4, -0.2) is 71.1 Å². The second kappa shape index (κ2) is 7.34. The third kappa shape index (κ3) is 3.02. The lowest BCUT2D eigenvalue weighted by Crippen LogP contribution is -2.98. The molecule has 1 atom stereocenters. The topological polar surface area (TPSA) is 0 Å². The lowest BCUT2D eigenvalue weighted by atomic mass is 11.8. The fourth-order valence-corrected chi connectivity index (χ4v) is 706. The largest absolute Gasteiger partial charge is 0.0754 e. The monoisotopic (exact) mass is 580 g/mol. The molecule has 0 bridgehead atoms. The van der Waals surface area contributed by atoms with Gasteiger partial charge in [-0.25, -0.2) is 0 Å². The molecule has 0 aliphatic carbocycles. The fraction of sp³-hybridized carbons (Fsp3) is 1.00. The van der Waals surface area contributed by atoms with E-state index in [1.165, 1.54) is 0 Å². The maximum Gasteiger partial charge on any atom is 0.0324 e. The van der Waals surface area contributed by atoms with E-state index in [1.807, 2.05) is 0 Å². The molecule has 0 saturated carbocycles. The summed E-state index contributed by atoms with van der Waals surface area (Å²) in [4.78, 5) is 0. The molecule has 1 rings (SSSR count). The highest BCUT2D eigenvalue weighted by atomic mass is 30.6. The van der Waals surface area contributed by atoms with Gasteiger partial charge in [0.15, 0.2) is 0 Å². The van der Waals surface area contributed by atoms with Crippen LogP contribution in [0.4, 0.5) is 0 Å². The molecule has 0 aromatic heterocycles. The zero-order chi connectivity index (χ0) is 25.0. The van der Waals surface area contributed by atoms with Crippen LogP contribution >= 0.6 is 0 Å². The second-order valence-corrected chi connectivity index (χ2v) is 141. The predicted octanol–water partition coefficient (Wildman–Crippen LogP) is 7.87. The van der Waals surface area contributed by atoms with Gasteiger partial charge in [-0.1, -0.05) is 131 Å². The second-order valence-electron chi connectivity index (χ2n) is 17.1. The quantitative estimate of drug-likeness (QED) is 0.290. The van der Waals surface area contributed by atoms with Crippen molar-refractivity contribution in [1.29, 1.82) is 0 Å². The Hall–Kier alpha value is 2.17. The van der Waals surface area contributed by atoms with E-state index in [1.54, 1.807) is 0 Å². The van der Waals surface area contributed by atoms with E-state index >= 15 is 0 Å². The van der Waals surface area contributed by atoms with Crippen molar-refractivity contribution in [2.24, 2.45) is 0 Å². The van der Waals surface area contributed by atoms with Gasteiger partial charge < -0.3 is 0 Å². The summed E-state index contributed by atoms with van der Waals surface area (Å²) in [6.45, 7) is 58.4. The lowest BCUT2D eigenvalue weighted by molar-refractivity contribution is 1.76. The first-order valence-electron chi connectivity index (χ1n) is 12.5. The summed E-state index contributed by atoms with van der Waals surface area (Å²) < 4.78 is 0. The summed E-state index contributed by atoms with van der Waals surface area (Å²) in [5.41, 5.74) is 0. The van der Waals surface area contributed by atoms with Gasteiger partial charge in [0.1, 0.15) is 0 Å². The summed E-state index contributed by atoms with van der Waals surface area (Å²) in [6, 6.07) is 0. The molecule has 1 aliphatic heterocycles. The third-order valence-corrected chi connectivity index (χ3v) is 327. The minimum Gasteiger partial charge on any atom is -0.0754 e. The normalized spacial score (nSPS) is 29.2. The Kier molecular flexibility index (Phi) is 7.39. The summed E-state index contributed by atoms with van der Waals surface area (Å²) in [5, 5.41) is 0. The molecule has 1 heterocycles. The molecule has 180 valence electrons. The van der Waals surface area contributed by atoms with E-state index < -0.39 is 71.1 Å². The van der Waals surface area contributed by atoms with Crippen LogP contribution in [-0.2, 0) is 0 Å². The van der Waals surface area contributed by atoms with Crippen molar-refractivity contribution in [2.75, 3.05) is 0 Å². The molecule has 0 aromatic rings. The third-order valence-electron chi connectivity index (χ3n) is 10.8. The molecule has 0 nitrogen and oxygen atoms in total. The highest BCUT2D eigenvalue weighted by Crippen LogP contribution is 2.63. The van der Waals surface area contributed by atoms with Crippen molar-refractivity contribution < 1.29 is 0 Å². The first-order valence-corrected chi connectivity index (χ1v) is 52.5. The molecule has 1 unspecified atom stereocenters. The zero-order valence-corrected chi connectivity index (χ0v) is 35.0. The molecule has 1 fully saturated rings. The summed E-state index contributed by atoms with van der Waals surface area (Å²) >= 11 is 0. The van der Waals surface area contributed by atoms with Crippen molar-refractivity contribution in [3.63, 3.8) is 0 Å². The predicted molar refractivity (Wildman–Crippen MR) is 175 cm³/mol. The minimum absolute atomic E-state index is 1.23. The van der Waals surface area contributed by atoms with Crippen LogP contribution in [0.5, 0.6) is 0 Å². The molecule has 10 heteroatoms. The fourth-order valence-electron chi connectivity index (χ4n) is 13.4. The van der Waals surface area contributed by atoms with Crippen molar-refractivity contribution in [3.05, 3.63) is 0 Å². The molecule has 0 aromatic carbocycles. The van der Waals surface area contributed by atoms with Crippen LogP contribution in [0.25, 0.3) is 0 Å². The summed E-state index contributed by atoms with van der Waals surface area (Å²) in [5.74, 6) is 0. The van der Waals surface area contributed by atoms with Gasteiger partial charge in [-0.2, -0.15) is 0 Å². The lowest BCUT2D eigenvalue weighted by Gasteiger charge is -2.67. The number of hydrogen-bond acceptors (Lipinski definition) is 0. The highest BCUT2D eigenvalue weighted by molar-refractivity contribution is 8.43. The molecule has 0 amide bonds. The molecule has 0 spiro atoms. The molecule has 0 radical (unpaired) electrons. The van der Waals surface area contributed by atoms with Crippen LogP contribution < -0.4 is 0 Å². The maximum absolute atomic E-state index is 3.19. The smallest absolute Gasteiger partial charge is 0.0324 e. The number of hydrogen-bond donors (Lipinski definition) is 0. The van der Waals surface area contributed by atoms with E-state index in [4.69, 9.17) is 0 Å². The van der Waals surface area contributed by atoms with Gasteiger partial charge in [0.2, 0.25) is 0 Å². The van der Waals surface area contributed by atoms with Crippen molar-refractivity contribution in [2.45, 2.75) is 131 Å². The Labute approximate surface area is 200 Å². The first kappa shape index (κ1) is 30.2. The summed E-state index contributed by atoms with van der Waals surface area (Å²) in [6.07, 6.45) is -2.64. The molecular weight excluding hydrogens is 521 g/mol. The van der Waals surface area contributed by atoms with Crippen LogP contribution in [0, 0.1) is 0 Å². The van der Waals surface area contributed by atoms with Gasteiger partial charge in [0.05, 0.1) is 0 Å². The zero-order valence-electron chi connectivity index (χ0n) is 25.0. The Morgan fingerprint density at radius 1 is 0.300 bits per heavy atom. The van der Waals surface area contributed by atoms with Gasteiger partial charge in [0, 0.05) is 71.1 Å². The van der Waals surface area contributed by atoms with Gasteiger partial charge in [-0.05, 0) is 0 Å². The van der Waals surface area contributed by atoms with E-state index in [2.05, 4.69) is 131 Å². The van der Waals surface area contributed by atoms with Crippen LogP contribution in [0.15, 0.2) is 0 Å². The van der Waals surface area contributed by atoms with Crippen molar-refractivity contribution in [3.8, 4) is 0 Å². The summed E-state index contributed by atoms with van der Waals surface area (Å²) in [7, 11) is -8.86. The van der Waals surface area contributed by atoms with Crippen molar-refractivity contribution >= 4 is 71.1 Å². The van der Waals surface area contributed by atoms with E-state index in [9.17, 15) is 0 Å². The Bertz CT molecular complexity index is 649. The SMILES string of the molecule is C[Si](C)(C)[Si]1(C)[Si](C)(C)[Si]([Si](C)(C)C)([Si](C)(C)C)[Si](C)(C)[Si]1([Si](C)(C)C)[Si](C)(C)C. The molecule has 30 heavy (non-hydrogen) atoms. The average molecular weight is 582 g/mol. The minimum atomic E-state index is -1.34. The first-order chi connectivity index (χ1) is 12.5. The van der Waals surface area contributed by atoms with Crippen LogP contribution in [0.3, 0.4) is 0 Å². The van der Waals surface area contributed by atoms with E-state index in [0.29, 0.717) is 0 Å². The van der Waals surface area contributed by atoms with E-state index in [0.717, 1.165) is 0 Å². The molecule has 1 aliphatic rings. The van der Waals surface area contributed by atoms with Crippen molar-refractivity contribution in [1.82, 2.24) is 0 Å². The molecule has 1 saturated heterocycles. The standard InChI is InChI=1S/C20H60Si10/c1-21(2,3)28(20)26(16,17)29(22(4,5)6,23(7,8)9)27(18,19)30(28,24(10,11)12)25(13,14)15/h1-20H3. The highest BCUT2D eigenvalue weighted by Gasteiger charge is 2.92. The Morgan fingerprint density at radius 3 is 0.667 bits per heavy atom. The maximum atomic E-state index is 3.19. The van der Waals surface area contributed by atoms with Gasteiger partial charge in [0.25, 0.3) is 0 Å². The van der Waals surface area contributed by atoms with Crippen LogP contribution in [0.1, 0.15) is 0 Å². The Morgan fingerprint density at radius 2 is 0.533 bits per heavy atom. The van der Waals surface area contributed by atoms with Crippen LogP contribution in [0.2, 0.25) is 131 Å². The molecule has 0 N–H and O–H groups in total. The van der Waals surface area contributed by atoms with Gasteiger partial charge in [-0.3, -0.25) is 0 Å². The van der Waals surface area contributed by atoms with Gasteiger partial charge >= 0.3 is 0 Å². The number of rotatable bonds is 5. The average Bonchev–Trinajstić information content (AvgIpc) is 2.39. The molecular formula is C20H60Si10. The van der Waals surface area contributed by atoms with Gasteiger partial charge in [-0.15, -0.1) is 0 Å².